The smallest absolute Gasteiger partial charge is 0.200 e. The van der Waals surface area contributed by atoms with Gasteiger partial charge in [0.25, 0.3) is 0 Å². The Morgan fingerprint density at radius 3 is 2.17 bits per heavy atom. The molecule has 0 unspecified atom stereocenters. The van der Waals surface area contributed by atoms with E-state index < -0.39 is 0 Å². The maximum absolute atomic E-state index is 4.67. The summed E-state index contributed by atoms with van der Waals surface area (Å²) in [4.78, 5) is 13.6. The summed E-state index contributed by atoms with van der Waals surface area (Å²) in [7, 11) is 0. The normalized spacial score (nSPS) is 10.8. The third-order valence-electron chi connectivity index (χ3n) is 3.67. The lowest BCUT2D eigenvalue weighted by molar-refractivity contribution is 1.03. The molecule has 0 radical (unpaired) electrons. The molecule has 0 bridgehead atoms. The maximum atomic E-state index is 4.67. The van der Waals surface area contributed by atoms with Crippen LogP contribution in [0.25, 0.3) is 33.5 Å². The second-order valence-corrected chi connectivity index (χ2v) is 5.85. The van der Waals surface area contributed by atoms with Crippen LogP contribution < -0.4 is 0 Å². The van der Waals surface area contributed by atoms with Crippen LogP contribution in [0.3, 0.4) is 0 Å². The predicted octanol–water partition coefficient (Wildman–Crippen LogP) is 5.12. The van der Waals surface area contributed by atoms with Crippen molar-refractivity contribution in [1.82, 2.24) is 15.0 Å². The van der Waals surface area contributed by atoms with Crippen molar-refractivity contribution in [2.45, 2.75) is 0 Å². The van der Waals surface area contributed by atoms with Gasteiger partial charge in [0.2, 0.25) is 4.73 Å². The summed E-state index contributed by atoms with van der Waals surface area (Å²) in [5, 5.41) is 2.30. The minimum Gasteiger partial charge on any atom is -0.208 e. The molecule has 0 saturated heterocycles. The van der Waals surface area contributed by atoms with Gasteiger partial charge >= 0.3 is 0 Å². The van der Waals surface area contributed by atoms with Crippen LogP contribution in [0.1, 0.15) is 0 Å². The van der Waals surface area contributed by atoms with Crippen LogP contribution in [0.2, 0.25) is 0 Å². The van der Waals surface area contributed by atoms with Gasteiger partial charge in [-0.3, -0.25) is 0 Å². The number of hydrogen-bond acceptors (Lipinski definition) is 3. The topological polar surface area (TPSA) is 38.7 Å². The number of benzene rings is 3. The molecule has 0 fully saturated rings. The number of halogens is 1. The average molecular weight is 362 g/mol. The molecule has 1 heterocycles. The van der Waals surface area contributed by atoms with E-state index in [-0.39, 0.29) is 0 Å². The van der Waals surface area contributed by atoms with Gasteiger partial charge in [0, 0.05) is 11.1 Å². The molecule has 0 spiro atoms. The van der Waals surface area contributed by atoms with Crippen LogP contribution in [0, 0.1) is 0 Å². The number of aromatic nitrogens is 3. The van der Waals surface area contributed by atoms with E-state index in [1.54, 1.807) is 0 Å². The Labute approximate surface area is 142 Å². The molecule has 4 aromatic rings. The molecule has 4 heteroatoms. The van der Waals surface area contributed by atoms with Crippen molar-refractivity contribution in [3.63, 3.8) is 0 Å². The molecular weight excluding hydrogens is 350 g/mol. The molecule has 0 atom stereocenters. The Morgan fingerprint density at radius 1 is 0.609 bits per heavy atom. The molecule has 0 saturated carbocycles. The third-order valence-corrected chi connectivity index (χ3v) is 4.03. The Morgan fingerprint density at radius 2 is 1.30 bits per heavy atom. The third kappa shape index (κ3) is 2.73. The highest BCUT2D eigenvalue weighted by Crippen LogP contribution is 2.28. The van der Waals surface area contributed by atoms with E-state index in [1.165, 1.54) is 5.39 Å². The van der Waals surface area contributed by atoms with E-state index in [2.05, 4.69) is 49.1 Å². The Kier molecular flexibility index (Phi) is 3.60. The SMILES string of the molecule is Brc1nc(-c2ccccc2)nc(-c2cccc3ccccc23)n1. The second-order valence-electron chi connectivity index (χ2n) is 5.14. The standard InChI is InChI=1S/C19H12BrN3/c20-19-22-17(14-8-2-1-3-9-14)21-18(23-19)16-12-6-10-13-7-4-5-11-15(13)16/h1-12H. The monoisotopic (exact) mass is 361 g/mol. The summed E-state index contributed by atoms with van der Waals surface area (Å²) in [5.74, 6) is 1.33. The summed E-state index contributed by atoms with van der Waals surface area (Å²) in [6.07, 6.45) is 0. The lowest BCUT2D eigenvalue weighted by Crippen LogP contribution is -1.97. The Hall–Kier alpha value is -2.59. The first kappa shape index (κ1) is 14.0. The molecule has 3 nitrogen and oxygen atoms in total. The van der Waals surface area contributed by atoms with Crippen molar-refractivity contribution in [3.8, 4) is 22.8 Å². The van der Waals surface area contributed by atoms with Gasteiger partial charge in [-0.25, -0.2) is 15.0 Å². The van der Waals surface area contributed by atoms with Crippen LogP contribution in [0.15, 0.2) is 77.5 Å². The van der Waals surface area contributed by atoms with Crippen molar-refractivity contribution in [2.24, 2.45) is 0 Å². The number of rotatable bonds is 2. The summed E-state index contributed by atoms with van der Waals surface area (Å²) >= 11 is 3.41. The fourth-order valence-electron chi connectivity index (χ4n) is 2.61. The van der Waals surface area contributed by atoms with E-state index in [4.69, 9.17) is 0 Å². The lowest BCUT2D eigenvalue weighted by atomic mass is 10.0. The van der Waals surface area contributed by atoms with Crippen LogP contribution in [-0.4, -0.2) is 15.0 Å². The molecule has 0 aliphatic rings. The van der Waals surface area contributed by atoms with E-state index >= 15 is 0 Å². The largest absolute Gasteiger partial charge is 0.208 e. The van der Waals surface area contributed by atoms with Gasteiger partial charge in [0.15, 0.2) is 11.6 Å². The van der Waals surface area contributed by atoms with Gasteiger partial charge in [0.1, 0.15) is 0 Å². The van der Waals surface area contributed by atoms with Crippen molar-refractivity contribution < 1.29 is 0 Å². The van der Waals surface area contributed by atoms with Gasteiger partial charge in [-0.1, -0.05) is 72.8 Å². The Bertz CT molecular complexity index is 979. The first-order valence-corrected chi connectivity index (χ1v) is 8.06. The highest BCUT2D eigenvalue weighted by molar-refractivity contribution is 9.10. The fraction of sp³-hybridized carbons (Fsp3) is 0. The highest BCUT2D eigenvalue weighted by atomic mass is 79.9. The summed E-state index contributed by atoms with van der Waals surface area (Å²) in [6.45, 7) is 0. The zero-order valence-electron chi connectivity index (χ0n) is 12.1. The van der Waals surface area contributed by atoms with E-state index in [0.717, 1.165) is 16.5 Å². The van der Waals surface area contributed by atoms with Crippen LogP contribution in [0.4, 0.5) is 0 Å². The molecule has 1 aromatic heterocycles. The molecule has 23 heavy (non-hydrogen) atoms. The van der Waals surface area contributed by atoms with Gasteiger partial charge in [-0.15, -0.1) is 0 Å². The zero-order valence-corrected chi connectivity index (χ0v) is 13.7. The van der Waals surface area contributed by atoms with Crippen molar-refractivity contribution in [2.75, 3.05) is 0 Å². The first-order valence-electron chi connectivity index (χ1n) is 7.26. The van der Waals surface area contributed by atoms with E-state index in [0.29, 0.717) is 16.4 Å². The molecule has 0 amide bonds. The molecule has 4 rings (SSSR count). The van der Waals surface area contributed by atoms with Gasteiger partial charge in [-0.05, 0) is 26.7 Å². The summed E-state index contributed by atoms with van der Waals surface area (Å²) in [6, 6.07) is 24.3. The zero-order chi connectivity index (χ0) is 15.6. The quantitative estimate of drug-likeness (QED) is 0.497. The van der Waals surface area contributed by atoms with E-state index in [1.807, 2.05) is 54.6 Å². The summed E-state index contributed by atoms with van der Waals surface area (Å²) in [5.41, 5.74) is 1.97. The molecule has 0 N–H and O–H groups in total. The second kappa shape index (κ2) is 5.89. The van der Waals surface area contributed by atoms with Crippen LogP contribution in [0.5, 0.6) is 0 Å². The molecule has 3 aromatic carbocycles. The molecular formula is C19H12BrN3. The van der Waals surface area contributed by atoms with Gasteiger partial charge in [0.05, 0.1) is 0 Å². The molecule has 110 valence electrons. The number of fused-ring (bicyclic) bond motifs is 1. The van der Waals surface area contributed by atoms with Crippen molar-refractivity contribution in [1.29, 1.82) is 0 Å². The van der Waals surface area contributed by atoms with Crippen molar-refractivity contribution in [3.05, 3.63) is 77.5 Å². The molecule has 0 aliphatic heterocycles. The maximum Gasteiger partial charge on any atom is 0.200 e. The van der Waals surface area contributed by atoms with Gasteiger partial charge < -0.3 is 0 Å². The minimum atomic E-state index is 0.536. The average Bonchev–Trinajstić information content (AvgIpc) is 2.61. The number of nitrogens with zero attached hydrogens (tertiary/aromatic N) is 3. The van der Waals surface area contributed by atoms with E-state index in [9.17, 15) is 0 Å². The van der Waals surface area contributed by atoms with Crippen LogP contribution in [-0.2, 0) is 0 Å². The lowest BCUT2D eigenvalue weighted by Gasteiger charge is -2.07. The van der Waals surface area contributed by atoms with Crippen molar-refractivity contribution >= 4 is 26.7 Å². The number of hydrogen-bond donors (Lipinski definition) is 0. The molecule has 0 aliphatic carbocycles. The summed E-state index contributed by atoms with van der Waals surface area (Å²) < 4.78 is 0.536. The highest BCUT2D eigenvalue weighted by Gasteiger charge is 2.11. The predicted molar refractivity (Wildman–Crippen MR) is 95.9 cm³/mol. The van der Waals surface area contributed by atoms with Crippen LogP contribution >= 0.6 is 15.9 Å². The minimum absolute atomic E-state index is 0.536. The Balaban J connectivity index is 1.94. The van der Waals surface area contributed by atoms with Gasteiger partial charge in [-0.2, -0.15) is 0 Å². The fourth-order valence-corrected chi connectivity index (χ4v) is 2.94. The first-order chi connectivity index (χ1) is 11.3.